The molecule has 0 aromatic heterocycles. The molecule has 5 heteroatoms. The lowest BCUT2D eigenvalue weighted by atomic mass is 10.1. The van der Waals surface area contributed by atoms with Crippen LogP contribution in [-0.2, 0) is 4.74 Å². The van der Waals surface area contributed by atoms with Gasteiger partial charge in [0.1, 0.15) is 12.4 Å². The van der Waals surface area contributed by atoms with Crippen molar-refractivity contribution >= 4 is 27.5 Å². The van der Waals surface area contributed by atoms with Crippen molar-refractivity contribution in [1.82, 2.24) is 0 Å². The van der Waals surface area contributed by atoms with Crippen molar-refractivity contribution in [1.29, 1.82) is 0 Å². The van der Waals surface area contributed by atoms with Crippen molar-refractivity contribution in [2.45, 2.75) is 6.92 Å². The van der Waals surface area contributed by atoms with Gasteiger partial charge in [0.25, 0.3) is 5.91 Å². The van der Waals surface area contributed by atoms with Crippen molar-refractivity contribution in [3.8, 4) is 5.75 Å². The Morgan fingerprint density at radius 1 is 1.18 bits per heavy atom. The van der Waals surface area contributed by atoms with Crippen LogP contribution in [0.2, 0.25) is 0 Å². The van der Waals surface area contributed by atoms with Crippen LogP contribution in [0.25, 0.3) is 0 Å². The largest absolute Gasteiger partial charge is 0.490 e. The van der Waals surface area contributed by atoms with E-state index < -0.39 is 0 Å². The van der Waals surface area contributed by atoms with Gasteiger partial charge in [0.05, 0.1) is 12.2 Å². The molecular formula is C17H18BrNO3. The highest BCUT2D eigenvalue weighted by molar-refractivity contribution is 9.10. The fraction of sp³-hybridized carbons (Fsp3) is 0.235. The van der Waals surface area contributed by atoms with E-state index >= 15 is 0 Å². The highest BCUT2D eigenvalue weighted by Crippen LogP contribution is 2.24. The first-order valence-electron chi connectivity index (χ1n) is 6.89. The molecule has 1 N–H and O–H groups in total. The summed E-state index contributed by atoms with van der Waals surface area (Å²) < 4.78 is 11.4. The smallest absolute Gasteiger partial charge is 0.259 e. The number of ether oxygens (including phenoxy) is 2. The van der Waals surface area contributed by atoms with Gasteiger partial charge < -0.3 is 14.8 Å². The Kier molecular flexibility index (Phi) is 5.98. The monoisotopic (exact) mass is 363 g/mol. The van der Waals surface area contributed by atoms with Crippen molar-refractivity contribution in [3.63, 3.8) is 0 Å². The van der Waals surface area contributed by atoms with Crippen molar-refractivity contribution in [2.75, 3.05) is 25.6 Å². The first-order valence-corrected chi connectivity index (χ1v) is 7.69. The second-order valence-electron chi connectivity index (χ2n) is 4.81. The first kappa shape index (κ1) is 16.5. The van der Waals surface area contributed by atoms with Crippen LogP contribution in [0.3, 0.4) is 0 Å². The average Bonchev–Trinajstić information content (AvgIpc) is 2.49. The minimum absolute atomic E-state index is 0.209. The van der Waals surface area contributed by atoms with Gasteiger partial charge in [-0.3, -0.25) is 4.79 Å². The summed E-state index contributed by atoms with van der Waals surface area (Å²) in [5.74, 6) is 0.324. The van der Waals surface area contributed by atoms with E-state index in [1.807, 2.05) is 37.3 Å². The summed E-state index contributed by atoms with van der Waals surface area (Å²) in [5, 5.41) is 2.89. The van der Waals surface area contributed by atoms with E-state index in [2.05, 4.69) is 21.2 Å². The molecule has 4 nitrogen and oxygen atoms in total. The second kappa shape index (κ2) is 7.96. The zero-order valence-electron chi connectivity index (χ0n) is 12.6. The minimum Gasteiger partial charge on any atom is -0.490 e. The molecule has 0 fully saturated rings. The van der Waals surface area contributed by atoms with E-state index in [4.69, 9.17) is 9.47 Å². The molecule has 0 aliphatic heterocycles. The molecule has 2 aromatic carbocycles. The molecule has 0 bridgehead atoms. The lowest BCUT2D eigenvalue weighted by molar-refractivity contribution is 0.101. The van der Waals surface area contributed by atoms with E-state index in [9.17, 15) is 4.79 Å². The van der Waals surface area contributed by atoms with Gasteiger partial charge in [0.2, 0.25) is 0 Å². The molecule has 0 unspecified atom stereocenters. The van der Waals surface area contributed by atoms with Gasteiger partial charge >= 0.3 is 0 Å². The maximum Gasteiger partial charge on any atom is 0.259 e. The maximum atomic E-state index is 12.5. The number of methoxy groups -OCH3 is 1. The highest BCUT2D eigenvalue weighted by atomic mass is 79.9. The van der Waals surface area contributed by atoms with Gasteiger partial charge in [-0.2, -0.15) is 0 Å². The van der Waals surface area contributed by atoms with Crippen LogP contribution in [0.15, 0.2) is 46.9 Å². The van der Waals surface area contributed by atoms with Gasteiger partial charge in [-0.15, -0.1) is 0 Å². The van der Waals surface area contributed by atoms with Gasteiger partial charge in [-0.1, -0.05) is 28.1 Å². The van der Waals surface area contributed by atoms with E-state index in [0.29, 0.717) is 24.5 Å². The van der Waals surface area contributed by atoms with E-state index in [0.717, 1.165) is 15.7 Å². The third-order valence-electron chi connectivity index (χ3n) is 3.01. The number of halogens is 1. The summed E-state index contributed by atoms with van der Waals surface area (Å²) in [4.78, 5) is 12.5. The van der Waals surface area contributed by atoms with Crippen LogP contribution in [0.4, 0.5) is 5.69 Å². The lowest BCUT2D eigenvalue weighted by Crippen LogP contribution is -2.15. The molecule has 2 rings (SSSR count). The van der Waals surface area contributed by atoms with Gasteiger partial charge in [0, 0.05) is 17.3 Å². The SMILES string of the molecule is COCCOc1ccc(Br)cc1C(=O)Nc1cccc(C)c1. The molecule has 0 aliphatic rings. The van der Waals surface area contributed by atoms with Crippen molar-refractivity contribution in [2.24, 2.45) is 0 Å². The number of nitrogens with one attached hydrogen (secondary N) is 1. The standard InChI is InChI=1S/C17H18BrNO3/c1-12-4-3-5-14(10-12)19-17(20)15-11-13(18)6-7-16(15)22-9-8-21-2/h3-7,10-11H,8-9H2,1-2H3,(H,19,20). The number of rotatable bonds is 6. The summed E-state index contributed by atoms with van der Waals surface area (Å²) >= 11 is 3.38. The maximum absolute atomic E-state index is 12.5. The lowest BCUT2D eigenvalue weighted by Gasteiger charge is -2.12. The fourth-order valence-electron chi connectivity index (χ4n) is 1.96. The number of aryl methyl sites for hydroxylation is 1. The molecule has 0 saturated carbocycles. The summed E-state index contributed by atoms with van der Waals surface area (Å²) in [6, 6.07) is 13.0. The molecule has 0 heterocycles. The third kappa shape index (κ3) is 4.58. The van der Waals surface area contributed by atoms with Crippen molar-refractivity contribution in [3.05, 3.63) is 58.1 Å². The van der Waals surface area contributed by atoms with Crippen molar-refractivity contribution < 1.29 is 14.3 Å². The highest BCUT2D eigenvalue weighted by Gasteiger charge is 2.14. The zero-order chi connectivity index (χ0) is 15.9. The fourth-order valence-corrected chi connectivity index (χ4v) is 2.32. The Bertz CT molecular complexity index is 658. The number of anilines is 1. The summed E-state index contributed by atoms with van der Waals surface area (Å²) in [5.41, 5.74) is 2.32. The molecule has 1 amide bonds. The van der Waals surface area contributed by atoms with E-state index in [1.54, 1.807) is 19.2 Å². The van der Waals surface area contributed by atoms with E-state index in [1.165, 1.54) is 0 Å². The normalized spacial score (nSPS) is 10.3. The molecule has 0 spiro atoms. The van der Waals surface area contributed by atoms with Gasteiger partial charge in [0.15, 0.2) is 0 Å². The first-order chi connectivity index (χ1) is 10.6. The number of carbonyl (C=O) groups excluding carboxylic acids is 1. The molecule has 0 aliphatic carbocycles. The molecule has 0 atom stereocenters. The van der Waals surface area contributed by atoms with Gasteiger partial charge in [-0.05, 0) is 42.8 Å². The summed E-state index contributed by atoms with van der Waals surface area (Å²) in [6.45, 7) is 2.84. The summed E-state index contributed by atoms with van der Waals surface area (Å²) in [7, 11) is 1.61. The molecule has 116 valence electrons. The van der Waals surface area contributed by atoms with Crippen LogP contribution in [-0.4, -0.2) is 26.2 Å². The third-order valence-corrected chi connectivity index (χ3v) is 3.50. The predicted octanol–water partition coefficient (Wildman–Crippen LogP) is 4.04. The number of benzene rings is 2. The Hall–Kier alpha value is -1.85. The Balaban J connectivity index is 2.18. The van der Waals surface area contributed by atoms with Crippen LogP contribution >= 0.6 is 15.9 Å². The average molecular weight is 364 g/mol. The Labute approximate surface area is 138 Å². The van der Waals surface area contributed by atoms with Gasteiger partial charge in [-0.25, -0.2) is 0 Å². The summed E-state index contributed by atoms with van der Waals surface area (Å²) in [6.07, 6.45) is 0. The number of carbonyl (C=O) groups is 1. The number of amides is 1. The molecule has 22 heavy (non-hydrogen) atoms. The zero-order valence-corrected chi connectivity index (χ0v) is 14.1. The van der Waals surface area contributed by atoms with E-state index in [-0.39, 0.29) is 5.91 Å². The van der Waals surface area contributed by atoms with Crippen LogP contribution in [0, 0.1) is 6.92 Å². The van der Waals surface area contributed by atoms with Crippen LogP contribution in [0.1, 0.15) is 15.9 Å². The molecule has 2 aromatic rings. The minimum atomic E-state index is -0.209. The number of hydrogen-bond donors (Lipinski definition) is 1. The molecule has 0 saturated heterocycles. The molecular weight excluding hydrogens is 346 g/mol. The topological polar surface area (TPSA) is 47.6 Å². The van der Waals surface area contributed by atoms with Crippen LogP contribution in [0.5, 0.6) is 5.75 Å². The number of hydrogen-bond acceptors (Lipinski definition) is 3. The Morgan fingerprint density at radius 2 is 2.00 bits per heavy atom. The predicted molar refractivity (Wildman–Crippen MR) is 90.6 cm³/mol. The molecule has 0 radical (unpaired) electrons. The second-order valence-corrected chi connectivity index (χ2v) is 5.72. The van der Waals surface area contributed by atoms with Crippen LogP contribution < -0.4 is 10.1 Å². The Morgan fingerprint density at radius 3 is 2.73 bits per heavy atom. The quantitative estimate of drug-likeness (QED) is 0.788.